The summed E-state index contributed by atoms with van der Waals surface area (Å²) < 4.78 is 1.89. The monoisotopic (exact) mass is 525 g/mol. The SMILES string of the molecule is Cc1ccc(N2C(=O)/C(=C\c3cccn3-c3ccc(C)c(Cl)c3)C(=O)N(c3ccccc3)C2=S)cc1C. The molecule has 0 aliphatic carbocycles. The van der Waals surface area contributed by atoms with E-state index in [1.165, 1.54) is 9.80 Å². The number of nitrogens with zero attached hydrogens (tertiary/aromatic N) is 3. The fraction of sp³-hybridized carbons (Fsp3) is 0.100. The molecule has 1 fully saturated rings. The molecule has 0 saturated carbocycles. The lowest BCUT2D eigenvalue weighted by atomic mass is 10.1. The Bertz CT molecular complexity index is 1590. The van der Waals surface area contributed by atoms with Gasteiger partial charge in [-0.15, -0.1) is 0 Å². The highest BCUT2D eigenvalue weighted by Crippen LogP contribution is 2.31. The highest BCUT2D eigenvalue weighted by Gasteiger charge is 2.41. The molecular weight excluding hydrogens is 502 g/mol. The van der Waals surface area contributed by atoms with E-state index >= 15 is 0 Å². The Morgan fingerprint density at radius 3 is 2.03 bits per heavy atom. The molecule has 1 aliphatic rings. The number of hydrogen-bond acceptors (Lipinski definition) is 3. The number of anilines is 2. The zero-order valence-electron chi connectivity index (χ0n) is 20.6. The Balaban J connectivity index is 1.66. The molecule has 0 bridgehead atoms. The van der Waals surface area contributed by atoms with Crippen molar-refractivity contribution in [2.75, 3.05) is 9.80 Å². The summed E-state index contributed by atoms with van der Waals surface area (Å²) in [6.45, 7) is 5.92. The van der Waals surface area contributed by atoms with Gasteiger partial charge in [0, 0.05) is 22.6 Å². The predicted octanol–water partition coefficient (Wildman–Crippen LogP) is 6.80. The largest absolute Gasteiger partial charge is 0.317 e. The highest BCUT2D eigenvalue weighted by atomic mass is 35.5. The average molecular weight is 526 g/mol. The van der Waals surface area contributed by atoms with Gasteiger partial charge < -0.3 is 4.57 Å². The first-order chi connectivity index (χ1) is 17.8. The number of carbonyl (C=O) groups excluding carboxylic acids is 2. The molecule has 0 spiro atoms. The van der Waals surface area contributed by atoms with Gasteiger partial charge in [-0.2, -0.15) is 0 Å². The molecule has 5 rings (SSSR count). The van der Waals surface area contributed by atoms with Crippen molar-refractivity contribution in [1.82, 2.24) is 4.57 Å². The second-order valence-corrected chi connectivity index (χ2v) is 9.73. The first kappa shape index (κ1) is 24.7. The van der Waals surface area contributed by atoms with Crippen LogP contribution in [0, 0.1) is 20.8 Å². The fourth-order valence-corrected chi connectivity index (χ4v) is 4.80. The van der Waals surface area contributed by atoms with Crippen molar-refractivity contribution < 1.29 is 9.59 Å². The lowest BCUT2D eigenvalue weighted by molar-refractivity contribution is -0.120. The van der Waals surface area contributed by atoms with E-state index in [1.807, 2.05) is 98.3 Å². The van der Waals surface area contributed by atoms with Crippen LogP contribution in [0.1, 0.15) is 22.4 Å². The lowest BCUT2D eigenvalue weighted by Crippen LogP contribution is -2.57. The molecule has 5 nitrogen and oxygen atoms in total. The van der Waals surface area contributed by atoms with Crippen LogP contribution in [0.2, 0.25) is 5.02 Å². The summed E-state index contributed by atoms with van der Waals surface area (Å²) in [5, 5.41) is 0.749. The first-order valence-corrected chi connectivity index (χ1v) is 12.6. The summed E-state index contributed by atoms with van der Waals surface area (Å²) in [6, 6.07) is 24.3. The molecule has 3 aromatic carbocycles. The number of hydrogen-bond donors (Lipinski definition) is 0. The highest BCUT2D eigenvalue weighted by molar-refractivity contribution is 7.81. The minimum atomic E-state index is -0.476. The van der Waals surface area contributed by atoms with Crippen molar-refractivity contribution in [2.24, 2.45) is 0 Å². The number of rotatable bonds is 4. The number of amides is 2. The summed E-state index contributed by atoms with van der Waals surface area (Å²) in [6.07, 6.45) is 3.48. The van der Waals surface area contributed by atoms with E-state index in [0.29, 0.717) is 22.1 Å². The van der Waals surface area contributed by atoms with Crippen LogP contribution in [0.3, 0.4) is 0 Å². The van der Waals surface area contributed by atoms with Crippen LogP contribution in [0.25, 0.3) is 11.8 Å². The van der Waals surface area contributed by atoms with Gasteiger partial charge in [0.25, 0.3) is 11.8 Å². The number of halogens is 1. The fourth-order valence-electron chi connectivity index (χ4n) is 4.25. The number of aromatic nitrogens is 1. The zero-order valence-corrected chi connectivity index (χ0v) is 22.2. The van der Waals surface area contributed by atoms with Gasteiger partial charge in [-0.05, 0) is 104 Å². The van der Waals surface area contributed by atoms with Gasteiger partial charge >= 0.3 is 0 Å². The number of thiocarbonyl (C=S) groups is 1. The molecule has 1 aliphatic heterocycles. The van der Waals surface area contributed by atoms with Crippen molar-refractivity contribution in [2.45, 2.75) is 20.8 Å². The molecular formula is C30H24ClN3O2S. The molecule has 2 amide bonds. The Hall–Kier alpha value is -4.00. The van der Waals surface area contributed by atoms with Gasteiger partial charge in [-0.1, -0.05) is 41.9 Å². The number of para-hydroxylation sites is 1. The van der Waals surface area contributed by atoms with E-state index in [4.69, 9.17) is 23.8 Å². The minimum Gasteiger partial charge on any atom is -0.317 e. The Kier molecular flexibility index (Phi) is 6.54. The molecule has 4 aromatic rings. The van der Waals surface area contributed by atoms with E-state index in [-0.39, 0.29) is 10.7 Å². The minimum absolute atomic E-state index is 0.00818. The van der Waals surface area contributed by atoms with E-state index in [9.17, 15) is 9.59 Å². The summed E-state index contributed by atoms with van der Waals surface area (Å²) in [5.74, 6) is -0.948. The van der Waals surface area contributed by atoms with E-state index in [0.717, 1.165) is 22.4 Å². The van der Waals surface area contributed by atoms with Crippen LogP contribution in [-0.4, -0.2) is 21.5 Å². The van der Waals surface area contributed by atoms with Crippen LogP contribution < -0.4 is 9.80 Å². The average Bonchev–Trinajstić information content (AvgIpc) is 3.35. The summed E-state index contributed by atoms with van der Waals surface area (Å²) in [7, 11) is 0. The maximum atomic E-state index is 13.9. The van der Waals surface area contributed by atoms with Crippen LogP contribution >= 0.6 is 23.8 Å². The van der Waals surface area contributed by atoms with Crippen LogP contribution in [0.4, 0.5) is 11.4 Å². The molecule has 2 heterocycles. The Labute approximate surface area is 226 Å². The van der Waals surface area contributed by atoms with Crippen molar-refractivity contribution >= 4 is 58.2 Å². The van der Waals surface area contributed by atoms with Crippen molar-refractivity contribution in [3.05, 3.63) is 118 Å². The third-order valence-electron chi connectivity index (χ3n) is 6.52. The summed E-state index contributed by atoms with van der Waals surface area (Å²) in [4.78, 5) is 30.5. The quantitative estimate of drug-likeness (QED) is 0.167. The first-order valence-electron chi connectivity index (χ1n) is 11.8. The maximum Gasteiger partial charge on any atom is 0.270 e. The molecule has 7 heteroatoms. The van der Waals surface area contributed by atoms with Crippen molar-refractivity contribution in [3.63, 3.8) is 0 Å². The topological polar surface area (TPSA) is 45.6 Å². The zero-order chi connectivity index (χ0) is 26.3. The standard InChI is InChI=1S/C30H24ClN3O2S/c1-19-11-14-25(16-21(19)3)34-29(36)26(28(35)33(30(34)37)22-8-5-4-6-9-22)17-23-10-7-15-32(23)24-13-12-20(2)27(31)18-24/h4-18H,1-3H3/b26-17-. The summed E-state index contributed by atoms with van der Waals surface area (Å²) in [5.41, 5.74) is 5.78. The van der Waals surface area contributed by atoms with Crippen LogP contribution in [0.5, 0.6) is 0 Å². The molecule has 1 aromatic heterocycles. The van der Waals surface area contributed by atoms with E-state index in [2.05, 4.69) is 0 Å². The third kappa shape index (κ3) is 4.50. The predicted molar refractivity (Wildman–Crippen MR) is 153 cm³/mol. The van der Waals surface area contributed by atoms with Gasteiger partial charge in [0.2, 0.25) is 0 Å². The number of benzene rings is 3. The third-order valence-corrected chi connectivity index (χ3v) is 7.29. The van der Waals surface area contributed by atoms with Crippen molar-refractivity contribution in [1.29, 1.82) is 0 Å². The number of carbonyl (C=O) groups is 2. The Morgan fingerprint density at radius 2 is 1.35 bits per heavy atom. The molecule has 37 heavy (non-hydrogen) atoms. The van der Waals surface area contributed by atoms with E-state index < -0.39 is 11.8 Å². The maximum absolute atomic E-state index is 13.9. The van der Waals surface area contributed by atoms with Gasteiger partial charge in [-0.3, -0.25) is 19.4 Å². The van der Waals surface area contributed by atoms with Gasteiger partial charge in [-0.25, -0.2) is 0 Å². The van der Waals surface area contributed by atoms with E-state index in [1.54, 1.807) is 18.2 Å². The second kappa shape index (κ2) is 9.81. The molecule has 184 valence electrons. The smallest absolute Gasteiger partial charge is 0.270 e. The van der Waals surface area contributed by atoms with Crippen LogP contribution in [-0.2, 0) is 9.59 Å². The molecule has 0 atom stereocenters. The molecule has 0 N–H and O–H groups in total. The lowest BCUT2D eigenvalue weighted by Gasteiger charge is -2.36. The normalized spacial score (nSPS) is 15.1. The van der Waals surface area contributed by atoms with Gasteiger partial charge in [0.1, 0.15) is 5.57 Å². The molecule has 1 saturated heterocycles. The van der Waals surface area contributed by atoms with Gasteiger partial charge in [0.15, 0.2) is 5.11 Å². The van der Waals surface area contributed by atoms with Crippen molar-refractivity contribution in [3.8, 4) is 5.69 Å². The molecule has 0 radical (unpaired) electrons. The summed E-state index contributed by atoms with van der Waals surface area (Å²) >= 11 is 12.1. The van der Waals surface area contributed by atoms with Crippen LogP contribution in [0.15, 0.2) is 90.6 Å². The Morgan fingerprint density at radius 1 is 0.703 bits per heavy atom. The molecule has 0 unspecified atom stereocenters. The van der Waals surface area contributed by atoms with Gasteiger partial charge in [0.05, 0.1) is 11.4 Å². The second-order valence-electron chi connectivity index (χ2n) is 8.96. The number of aryl methyl sites for hydroxylation is 3.